The Morgan fingerprint density at radius 2 is 1.67 bits per heavy atom. The predicted octanol–water partition coefficient (Wildman–Crippen LogP) is 4.45. The molecule has 2 aromatic carbocycles. The van der Waals surface area contributed by atoms with Gasteiger partial charge in [-0.15, -0.1) is 0 Å². The largest absolute Gasteiger partial charge is 0.496 e. The lowest BCUT2D eigenvalue weighted by atomic mass is 10.0. The number of para-hydroxylation sites is 1. The fraction of sp³-hybridized carbons (Fsp3) is 0.0714. The molecule has 0 saturated carbocycles. The van der Waals surface area contributed by atoms with E-state index in [1.165, 1.54) is 0 Å². The van der Waals surface area contributed by atoms with E-state index in [0.717, 1.165) is 8.95 Å². The molecule has 2 nitrogen and oxygen atoms in total. The van der Waals surface area contributed by atoms with Gasteiger partial charge < -0.3 is 4.74 Å². The number of carbonyl (C=O) groups is 1. The molecule has 2 aromatic rings. The van der Waals surface area contributed by atoms with E-state index < -0.39 is 0 Å². The smallest absolute Gasteiger partial charge is 0.196 e. The molecule has 0 radical (unpaired) electrons. The molecular formula is C14H10Br2O2. The third-order valence-corrected chi connectivity index (χ3v) is 3.39. The third-order valence-electron chi connectivity index (χ3n) is 2.48. The fourth-order valence-corrected chi connectivity index (χ4v) is 2.97. The van der Waals surface area contributed by atoms with Crippen LogP contribution in [0.25, 0.3) is 0 Å². The Hall–Kier alpha value is -1.13. The predicted molar refractivity (Wildman–Crippen MR) is 78.3 cm³/mol. The maximum absolute atomic E-state index is 12.4. The highest BCUT2D eigenvalue weighted by atomic mass is 79.9. The molecule has 0 aliphatic rings. The molecule has 0 spiro atoms. The summed E-state index contributed by atoms with van der Waals surface area (Å²) >= 11 is 6.75. The molecule has 0 aliphatic carbocycles. The van der Waals surface area contributed by atoms with Crippen molar-refractivity contribution in [3.05, 3.63) is 62.5 Å². The maximum Gasteiger partial charge on any atom is 0.196 e. The van der Waals surface area contributed by atoms with Crippen molar-refractivity contribution in [2.75, 3.05) is 7.11 Å². The molecule has 0 aliphatic heterocycles. The summed E-state index contributed by atoms with van der Waals surface area (Å²) < 4.78 is 6.92. The number of ether oxygens (including phenoxy) is 1. The molecule has 0 heterocycles. The van der Waals surface area contributed by atoms with Crippen molar-refractivity contribution >= 4 is 37.6 Å². The van der Waals surface area contributed by atoms with Gasteiger partial charge in [-0.3, -0.25) is 4.79 Å². The number of methoxy groups -OCH3 is 1. The Morgan fingerprint density at radius 3 is 2.28 bits per heavy atom. The van der Waals surface area contributed by atoms with Crippen molar-refractivity contribution in [1.82, 2.24) is 0 Å². The second-order valence-corrected chi connectivity index (χ2v) is 5.52. The number of benzene rings is 2. The van der Waals surface area contributed by atoms with Crippen molar-refractivity contribution in [3.63, 3.8) is 0 Å². The average molecular weight is 370 g/mol. The van der Waals surface area contributed by atoms with E-state index in [2.05, 4.69) is 31.9 Å². The van der Waals surface area contributed by atoms with E-state index in [4.69, 9.17) is 4.74 Å². The minimum atomic E-state index is -0.0607. The number of halogens is 2. The van der Waals surface area contributed by atoms with Crippen LogP contribution in [0, 0.1) is 0 Å². The van der Waals surface area contributed by atoms with Crippen molar-refractivity contribution < 1.29 is 9.53 Å². The van der Waals surface area contributed by atoms with Crippen molar-refractivity contribution in [2.45, 2.75) is 0 Å². The van der Waals surface area contributed by atoms with Crippen molar-refractivity contribution in [2.24, 2.45) is 0 Å². The second-order valence-electron chi connectivity index (χ2n) is 3.69. The van der Waals surface area contributed by atoms with Crippen LogP contribution >= 0.6 is 31.9 Å². The lowest BCUT2D eigenvalue weighted by molar-refractivity contribution is 0.103. The van der Waals surface area contributed by atoms with Gasteiger partial charge >= 0.3 is 0 Å². The number of rotatable bonds is 3. The molecule has 4 heteroatoms. The van der Waals surface area contributed by atoms with Crippen LogP contribution in [0.5, 0.6) is 5.75 Å². The molecule has 0 saturated heterocycles. The first kappa shape index (κ1) is 13.3. The molecule has 0 unspecified atom stereocenters. The van der Waals surface area contributed by atoms with Crippen LogP contribution in [-0.2, 0) is 0 Å². The number of hydrogen-bond donors (Lipinski definition) is 0. The van der Waals surface area contributed by atoms with Gasteiger partial charge in [-0.1, -0.05) is 44.0 Å². The van der Waals surface area contributed by atoms with E-state index in [1.54, 1.807) is 31.4 Å². The maximum atomic E-state index is 12.4. The van der Waals surface area contributed by atoms with Crippen LogP contribution in [0.2, 0.25) is 0 Å². The molecule has 0 amide bonds. The summed E-state index contributed by atoms with van der Waals surface area (Å²) in [5, 5.41) is 0. The summed E-state index contributed by atoms with van der Waals surface area (Å²) in [6, 6.07) is 12.7. The number of hydrogen-bond acceptors (Lipinski definition) is 2. The number of carbonyl (C=O) groups excluding carboxylic acids is 1. The zero-order chi connectivity index (χ0) is 13.1. The van der Waals surface area contributed by atoms with Crippen LogP contribution in [0.15, 0.2) is 51.4 Å². The highest BCUT2D eigenvalue weighted by molar-refractivity contribution is 9.11. The molecular weight excluding hydrogens is 360 g/mol. The third kappa shape index (κ3) is 2.82. The normalized spacial score (nSPS) is 10.2. The first-order valence-corrected chi connectivity index (χ1v) is 6.84. The molecule has 18 heavy (non-hydrogen) atoms. The van der Waals surface area contributed by atoms with Crippen molar-refractivity contribution in [3.8, 4) is 5.75 Å². The van der Waals surface area contributed by atoms with Gasteiger partial charge in [-0.05, 0) is 30.3 Å². The molecule has 0 N–H and O–H groups in total. The second kappa shape index (κ2) is 5.67. The van der Waals surface area contributed by atoms with Gasteiger partial charge in [0.25, 0.3) is 0 Å². The van der Waals surface area contributed by atoms with Gasteiger partial charge in [0.15, 0.2) is 5.78 Å². The molecule has 0 aromatic heterocycles. The van der Waals surface area contributed by atoms with Gasteiger partial charge in [0.1, 0.15) is 5.75 Å². The van der Waals surface area contributed by atoms with Gasteiger partial charge in [-0.2, -0.15) is 0 Å². The monoisotopic (exact) mass is 368 g/mol. The highest BCUT2D eigenvalue weighted by Gasteiger charge is 2.14. The summed E-state index contributed by atoms with van der Waals surface area (Å²) in [4.78, 5) is 12.4. The van der Waals surface area contributed by atoms with E-state index in [-0.39, 0.29) is 5.78 Å². The Kier molecular flexibility index (Phi) is 4.19. The van der Waals surface area contributed by atoms with Crippen LogP contribution in [0.3, 0.4) is 0 Å². The Labute approximate surface area is 122 Å². The molecule has 0 atom stereocenters. The van der Waals surface area contributed by atoms with E-state index in [1.807, 2.05) is 18.2 Å². The molecule has 0 fully saturated rings. The zero-order valence-electron chi connectivity index (χ0n) is 9.61. The summed E-state index contributed by atoms with van der Waals surface area (Å²) in [5.74, 6) is 0.521. The van der Waals surface area contributed by atoms with Crippen LogP contribution in [0.1, 0.15) is 15.9 Å². The topological polar surface area (TPSA) is 26.3 Å². The first-order chi connectivity index (χ1) is 8.61. The fourth-order valence-electron chi connectivity index (χ4n) is 1.67. The Bertz CT molecular complexity index is 574. The van der Waals surface area contributed by atoms with Crippen LogP contribution < -0.4 is 4.74 Å². The summed E-state index contributed by atoms with van der Waals surface area (Å²) in [7, 11) is 1.56. The minimum Gasteiger partial charge on any atom is -0.496 e. The molecule has 92 valence electrons. The Balaban J connectivity index is 2.47. The molecule has 2 rings (SSSR count). The summed E-state index contributed by atoms with van der Waals surface area (Å²) in [6.45, 7) is 0. The van der Waals surface area contributed by atoms with Crippen LogP contribution in [0.4, 0.5) is 0 Å². The van der Waals surface area contributed by atoms with Crippen LogP contribution in [-0.4, -0.2) is 12.9 Å². The van der Waals surface area contributed by atoms with E-state index in [0.29, 0.717) is 16.9 Å². The van der Waals surface area contributed by atoms with Gasteiger partial charge in [0, 0.05) is 14.5 Å². The Morgan fingerprint density at radius 1 is 1.06 bits per heavy atom. The SMILES string of the molecule is COc1ccccc1C(=O)c1cc(Br)cc(Br)c1. The summed E-state index contributed by atoms with van der Waals surface area (Å²) in [5.41, 5.74) is 1.17. The van der Waals surface area contributed by atoms with E-state index >= 15 is 0 Å². The zero-order valence-corrected chi connectivity index (χ0v) is 12.8. The van der Waals surface area contributed by atoms with Gasteiger partial charge in [0.2, 0.25) is 0 Å². The van der Waals surface area contributed by atoms with E-state index in [9.17, 15) is 4.79 Å². The van der Waals surface area contributed by atoms with Crippen molar-refractivity contribution in [1.29, 1.82) is 0 Å². The average Bonchev–Trinajstić information content (AvgIpc) is 2.36. The highest BCUT2D eigenvalue weighted by Crippen LogP contribution is 2.25. The number of ketones is 1. The minimum absolute atomic E-state index is 0.0607. The quantitative estimate of drug-likeness (QED) is 0.747. The first-order valence-electron chi connectivity index (χ1n) is 5.25. The summed E-state index contributed by atoms with van der Waals surface area (Å²) in [6.07, 6.45) is 0. The standard InChI is InChI=1S/C14H10Br2O2/c1-18-13-5-3-2-4-12(13)14(17)9-6-10(15)8-11(16)7-9/h2-8H,1H3. The van der Waals surface area contributed by atoms with Gasteiger partial charge in [0.05, 0.1) is 12.7 Å². The lowest BCUT2D eigenvalue weighted by Crippen LogP contribution is -2.03. The molecule has 0 bridgehead atoms. The lowest BCUT2D eigenvalue weighted by Gasteiger charge is -2.08. The van der Waals surface area contributed by atoms with Gasteiger partial charge in [-0.25, -0.2) is 0 Å².